The monoisotopic (exact) mass is 263 g/mol. The van der Waals surface area contributed by atoms with Crippen molar-refractivity contribution >= 4 is 5.91 Å². The van der Waals surface area contributed by atoms with Gasteiger partial charge in [-0.15, -0.1) is 0 Å². The maximum atomic E-state index is 11.8. The minimum atomic E-state index is -0.869. The topological polar surface area (TPSA) is 70.8 Å². The maximum absolute atomic E-state index is 11.8. The average molecular weight is 263 g/mol. The third-order valence-electron chi connectivity index (χ3n) is 3.77. The Kier molecular flexibility index (Phi) is 2.97. The molecule has 2 N–H and O–H groups in total. The molecule has 19 heavy (non-hydrogen) atoms. The van der Waals surface area contributed by atoms with E-state index in [0.29, 0.717) is 30.1 Å². The fraction of sp³-hybridized carbons (Fsp3) is 0.500. The highest BCUT2D eigenvalue weighted by Gasteiger charge is 2.40. The highest BCUT2D eigenvalue weighted by Crippen LogP contribution is 2.38. The summed E-state index contributed by atoms with van der Waals surface area (Å²) in [6, 6.07) is 5.32. The van der Waals surface area contributed by atoms with Gasteiger partial charge in [0.1, 0.15) is 5.75 Å². The average Bonchev–Trinajstić information content (AvgIpc) is 2.87. The molecule has 1 aliphatic carbocycles. The first-order valence-corrected chi connectivity index (χ1v) is 6.58. The van der Waals surface area contributed by atoms with Gasteiger partial charge in [-0.2, -0.15) is 0 Å². The number of ether oxygens (including phenoxy) is 3. The summed E-state index contributed by atoms with van der Waals surface area (Å²) in [6.07, 6.45) is 4.41. The van der Waals surface area contributed by atoms with Crippen LogP contribution in [0.1, 0.15) is 32.1 Å². The van der Waals surface area contributed by atoms with E-state index in [1.54, 1.807) is 18.2 Å². The first-order valence-electron chi connectivity index (χ1n) is 6.58. The summed E-state index contributed by atoms with van der Waals surface area (Å²) in [5.74, 6) is 1.56. The first-order chi connectivity index (χ1) is 9.20. The van der Waals surface area contributed by atoms with E-state index in [4.69, 9.17) is 19.9 Å². The van der Waals surface area contributed by atoms with Crippen LogP contribution in [-0.2, 0) is 4.79 Å². The SMILES string of the molecule is NC(=O)C1(Oc2ccc3c(c2)OCO3)CCCCC1. The number of hydrogen-bond donors (Lipinski definition) is 1. The van der Waals surface area contributed by atoms with E-state index in [0.717, 1.165) is 19.3 Å². The van der Waals surface area contributed by atoms with Crippen LogP contribution < -0.4 is 19.9 Å². The lowest BCUT2D eigenvalue weighted by molar-refractivity contribution is -0.136. The molecule has 2 aliphatic rings. The zero-order valence-corrected chi connectivity index (χ0v) is 10.7. The lowest BCUT2D eigenvalue weighted by Gasteiger charge is -2.34. The molecule has 3 rings (SSSR count). The zero-order chi connectivity index (χ0) is 13.3. The van der Waals surface area contributed by atoms with Crippen LogP contribution in [-0.4, -0.2) is 18.3 Å². The molecule has 5 nitrogen and oxygen atoms in total. The number of benzene rings is 1. The number of fused-ring (bicyclic) bond motifs is 1. The van der Waals surface area contributed by atoms with Gasteiger partial charge in [0.05, 0.1) is 0 Å². The number of rotatable bonds is 3. The molecule has 1 aliphatic heterocycles. The summed E-state index contributed by atoms with van der Waals surface area (Å²) in [4.78, 5) is 11.8. The van der Waals surface area contributed by atoms with Crippen molar-refractivity contribution in [3.05, 3.63) is 18.2 Å². The van der Waals surface area contributed by atoms with Gasteiger partial charge in [-0.3, -0.25) is 4.79 Å². The van der Waals surface area contributed by atoms with Crippen molar-refractivity contribution in [2.24, 2.45) is 5.73 Å². The Morgan fingerprint density at radius 3 is 2.63 bits per heavy atom. The summed E-state index contributed by atoms with van der Waals surface area (Å²) >= 11 is 0. The normalized spacial score (nSPS) is 20.0. The van der Waals surface area contributed by atoms with Gasteiger partial charge in [-0.1, -0.05) is 6.42 Å². The van der Waals surface area contributed by atoms with Crippen molar-refractivity contribution in [2.45, 2.75) is 37.7 Å². The predicted molar refractivity (Wildman–Crippen MR) is 68.2 cm³/mol. The second-order valence-electron chi connectivity index (χ2n) is 5.04. The molecule has 0 spiro atoms. The molecular weight excluding hydrogens is 246 g/mol. The summed E-state index contributed by atoms with van der Waals surface area (Å²) < 4.78 is 16.5. The van der Waals surface area contributed by atoms with Crippen LogP contribution in [0.3, 0.4) is 0 Å². The molecule has 1 amide bonds. The van der Waals surface area contributed by atoms with Crippen LogP contribution in [0.2, 0.25) is 0 Å². The summed E-state index contributed by atoms with van der Waals surface area (Å²) in [7, 11) is 0. The second kappa shape index (κ2) is 4.64. The third-order valence-corrected chi connectivity index (χ3v) is 3.77. The molecule has 0 saturated heterocycles. The number of carbonyl (C=O) groups is 1. The van der Waals surface area contributed by atoms with E-state index < -0.39 is 5.60 Å². The largest absolute Gasteiger partial charge is 0.477 e. The van der Waals surface area contributed by atoms with Gasteiger partial charge in [0.2, 0.25) is 6.79 Å². The van der Waals surface area contributed by atoms with E-state index in [-0.39, 0.29) is 12.7 Å². The van der Waals surface area contributed by atoms with Crippen molar-refractivity contribution < 1.29 is 19.0 Å². The molecular formula is C14H17NO4. The van der Waals surface area contributed by atoms with Gasteiger partial charge in [-0.05, 0) is 37.8 Å². The van der Waals surface area contributed by atoms with E-state index >= 15 is 0 Å². The Balaban J connectivity index is 1.84. The fourth-order valence-electron chi connectivity index (χ4n) is 2.69. The highest BCUT2D eigenvalue weighted by molar-refractivity contribution is 5.84. The molecule has 102 valence electrons. The fourth-order valence-corrected chi connectivity index (χ4v) is 2.69. The van der Waals surface area contributed by atoms with Crippen molar-refractivity contribution in [3.63, 3.8) is 0 Å². The number of hydrogen-bond acceptors (Lipinski definition) is 4. The Morgan fingerprint density at radius 1 is 1.16 bits per heavy atom. The molecule has 0 atom stereocenters. The molecule has 0 unspecified atom stereocenters. The van der Waals surface area contributed by atoms with Crippen LogP contribution in [0, 0.1) is 0 Å². The molecule has 1 fully saturated rings. The summed E-state index contributed by atoms with van der Waals surface area (Å²) in [6.45, 7) is 0.222. The minimum absolute atomic E-state index is 0.222. The molecule has 1 aromatic carbocycles. The van der Waals surface area contributed by atoms with E-state index in [9.17, 15) is 4.79 Å². The highest BCUT2D eigenvalue weighted by atomic mass is 16.7. The molecule has 0 radical (unpaired) electrons. The number of primary amides is 1. The Bertz CT molecular complexity index is 494. The zero-order valence-electron chi connectivity index (χ0n) is 10.7. The van der Waals surface area contributed by atoms with E-state index in [1.165, 1.54) is 0 Å². The van der Waals surface area contributed by atoms with Gasteiger partial charge in [0.25, 0.3) is 5.91 Å². The van der Waals surface area contributed by atoms with Gasteiger partial charge >= 0.3 is 0 Å². The Labute approximate surface area is 111 Å². The van der Waals surface area contributed by atoms with E-state index in [1.807, 2.05) is 0 Å². The molecule has 1 aromatic rings. The lowest BCUT2D eigenvalue weighted by Crippen LogP contribution is -2.50. The smallest absolute Gasteiger partial charge is 0.261 e. The molecule has 1 saturated carbocycles. The van der Waals surface area contributed by atoms with Crippen LogP contribution in [0.5, 0.6) is 17.2 Å². The van der Waals surface area contributed by atoms with Crippen molar-refractivity contribution in [1.82, 2.24) is 0 Å². The van der Waals surface area contributed by atoms with Crippen LogP contribution >= 0.6 is 0 Å². The van der Waals surface area contributed by atoms with Crippen LogP contribution in [0.25, 0.3) is 0 Å². The Hall–Kier alpha value is -1.91. The molecule has 5 heteroatoms. The van der Waals surface area contributed by atoms with Gasteiger partial charge in [-0.25, -0.2) is 0 Å². The first kappa shape index (κ1) is 12.1. The predicted octanol–water partition coefficient (Wildman–Crippen LogP) is 1.98. The Morgan fingerprint density at radius 2 is 1.89 bits per heavy atom. The quantitative estimate of drug-likeness (QED) is 0.905. The lowest BCUT2D eigenvalue weighted by atomic mass is 9.84. The standard InChI is InChI=1S/C14H17NO4/c15-13(16)14(6-2-1-3-7-14)19-10-4-5-11-12(8-10)18-9-17-11/h4-5,8H,1-3,6-7,9H2,(H2,15,16). The second-order valence-corrected chi connectivity index (χ2v) is 5.04. The summed E-state index contributed by atoms with van der Waals surface area (Å²) in [5.41, 5.74) is 4.67. The van der Waals surface area contributed by atoms with Crippen molar-refractivity contribution in [1.29, 1.82) is 0 Å². The third kappa shape index (κ3) is 2.20. The van der Waals surface area contributed by atoms with Gasteiger partial charge in [0, 0.05) is 6.07 Å². The number of nitrogens with two attached hydrogens (primary N) is 1. The van der Waals surface area contributed by atoms with Crippen LogP contribution in [0.15, 0.2) is 18.2 Å². The minimum Gasteiger partial charge on any atom is -0.477 e. The van der Waals surface area contributed by atoms with Gasteiger partial charge < -0.3 is 19.9 Å². The molecule has 0 aromatic heterocycles. The maximum Gasteiger partial charge on any atom is 0.261 e. The van der Waals surface area contributed by atoms with Crippen molar-refractivity contribution in [2.75, 3.05) is 6.79 Å². The van der Waals surface area contributed by atoms with Crippen LogP contribution in [0.4, 0.5) is 0 Å². The number of carbonyl (C=O) groups excluding carboxylic acids is 1. The van der Waals surface area contributed by atoms with Crippen molar-refractivity contribution in [3.8, 4) is 17.2 Å². The number of amides is 1. The molecule has 0 bridgehead atoms. The molecule has 1 heterocycles. The van der Waals surface area contributed by atoms with E-state index in [2.05, 4.69) is 0 Å². The summed E-state index contributed by atoms with van der Waals surface area (Å²) in [5, 5.41) is 0. The van der Waals surface area contributed by atoms with Gasteiger partial charge in [0.15, 0.2) is 17.1 Å².